The zero-order valence-electron chi connectivity index (χ0n) is 15.4. The number of benzene rings is 1. The molecule has 0 unspecified atom stereocenters. The largest absolute Gasteiger partial charge is 0.464 e. The van der Waals surface area contributed by atoms with Crippen LogP contribution < -0.4 is 4.90 Å². The normalized spacial score (nSPS) is 13.8. The predicted molar refractivity (Wildman–Crippen MR) is 102 cm³/mol. The monoisotopic (exact) mass is 363 g/mol. The van der Waals surface area contributed by atoms with Crippen LogP contribution in [0.15, 0.2) is 42.7 Å². The van der Waals surface area contributed by atoms with E-state index in [1.165, 1.54) is 24.6 Å². The summed E-state index contributed by atoms with van der Waals surface area (Å²) in [7, 11) is 3.34. The Labute approximate surface area is 157 Å². The van der Waals surface area contributed by atoms with Gasteiger partial charge < -0.3 is 9.64 Å². The molecule has 0 saturated carbocycles. The highest BCUT2D eigenvalue weighted by Gasteiger charge is 2.23. The number of anilines is 1. The number of rotatable bonds is 3. The van der Waals surface area contributed by atoms with Crippen LogP contribution in [0.1, 0.15) is 21.7 Å². The number of hydrogen-bond donors (Lipinski definition) is 0. The van der Waals surface area contributed by atoms with E-state index >= 15 is 0 Å². The SMILES string of the molecule is COC(=O)c1cnc(N2CCc3c(-c4ccccc4)nn(C)c3CC2)cn1. The van der Waals surface area contributed by atoms with E-state index in [0.717, 1.165) is 43.0 Å². The van der Waals surface area contributed by atoms with Crippen molar-refractivity contribution in [2.24, 2.45) is 7.05 Å². The highest BCUT2D eigenvalue weighted by Crippen LogP contribution is 2.28. The van der Waals surface area contributed by atoms with Crippen LogP contribution in [0.5, 0.6) is 0 Å². The molecule has 0 atom stereocenters. The van der Waals surface area contributed by atoms with Gasteiger partial charge in [0.25, 0.3) is 0 Å². The molecule has 3 heterocycles. The molecule has 7 nitrogen and oxygen atoms in total. The maximum atomic E-state index is 11.5. The average Bonchev–Trinajstić information content (AvgIpc) is 2.89. The molecule has 2 aromatic heterocycles. The maximum absolute atomic E-state index is 11.5. The van der Waals surface area contributed by atoms with Crippen LogP contribution >= 0.6 is 0 Å². The number of hydrogen-bond acceptors (Lipinski definition) is 6. The first kappa shape index (κ1) is 17.2. The minimum atomic E-state index is -0.476. The Kier molecular flexibility index (Phi) is 4.58. The van der Waals surface area contributed by atoms with Crippen LogP contribution in [-0.4, -0.2) is 45.9 Å². The molecular formula is C20H21N5O2. The van der Waals surface area contributed by atoms with Crippen LogP contribution in [-0.2, 0) is 24.6 Å². The van der Waals surface area contributed by atoms with Gasteiger partial charge in [0, 0.05) is 43.4 Å². The maximum Gasteiger partial charge on any atom is 0.358 e. The highest BCUT2D eigenvalue weighted by molar-refractivity contribution is 5.86. The van der Waals surface area contributed by atoms with Crippen molar-refractivity contribution in [2.75, 3.05) is 25.1 Å². The molecule has 0 saturated heterocycles. The summed E-state index contributed by atoms with van der Waals surface area (Å²) in [4.78, 5) is 22.3. The van der Waals surface area contributed by atoms with Gasteiger partial charge in [0.15, 0.2) is 5.69 Å². The number of aromatic nitrogens is 4. The van der Waals surface area contributed by atoms with Gasteiger partial charge >= 0.3 is 5.97 Å². The molecule has 0 bridgehead atoms. The van der Waals surface area contributed by atoms with E-state index < -0.39 is 5.97 Å². The van der Waals surface area contributed by atoms with Gasteiger partial charge in [0.05, 0.1) is 25.2 Å². The summed E-state index contributed by atoms with van der Waals surface area (Å²) >= 11 is 0. The molecule has 0 radical (unpaired) electrons. The molecule has 0 aliphatic carbocycles. The molecule has 1 aliphatic heterocycles. The molecular weight excluding hydrogens is 342 g/mol. The van der Waals surface area contributed by atoms with Crippen molar-refractivity contribution in [3.63, 3.8) is 0 Å². The summed E-state index contributed by atoms with van der Waals surface area (Å²) in [6.45, 7) is 1.65. The van der Waals surface area contributed by atoms with Gasteiger partial charge in [-0.15, -0.1) is 0 Å². The van der Waals surface area contributed by atoms with Crippen LogP contribution in [0.25, 0.3) is 11.3 Å². The number of carbonyl (C=O) groups is 1. The van der Waals surface area contributed by atoms with Crippen molar-refractivity contribution in [2.45, 2.75) is 12.8 Å². The molecule has 7 heteroatoms. The van der Waals surface area contributed by atoms with Crippen LogP contribution in [0.4, 0.5) is 5.82 Å². The number of fused-ring (bicyclic) bond motifs is 1. The molecule has 0 N–H and O–H groups in total. The fourth-order valence-electron chi connectivity index (χ4n) is 3.53. The third-order valence-electron chi connectivity index (χ3n) is 4.93. The standard InChI is InChI=1S/C20H21N5O2/c1-24-17-9-11-25(18-13-21-16(12-22-18)20(26)27-2)10-8-15(17)19(23-24)14-6-4-3-5-7-14/h3-7,12-13H,8-11H2,1-2H3. The summed E-state index contributed by atoms with van der Waals surface area (Å²) in [6.07, 6.45) is 4.87. The summed E-state index contributed by atoms with van der Waals surface area (Å²) in [5.41, 5.74) is 4.97. The lowest BCUT2D eigenvalue weighted by atomic mass is 10.0. The first-order valence-corrected chi connectivity index (χ1v) is 8.93. The Morgan fingerprint density at radius 3 is 2.56 bits per heavy atom. The first-order chi connectivity index (χ1) is 13.2. The molecule has 4 rings (SSSR count). The van der Waals surface area contributed by atoms with Gasteiger partial charge in [0.2, 0.25) is 0 Å². The number of aryl methyl sites for hydroxylation is 1. The lowest BCUT2D eigenvalue weighted by Crippen LogP contribution is -2.27. The summed E-state index contributed by atoms with van der Waals surface area (Å²) in [6, 6.07) is 10.3. The van der Waals surface area contributed by atoms with E-state index in [0.29, 0.717) is 0 Å². The van der Waals surface area contributed by atoms with Crippen LogP contribution in [0.3, 0.4) is 0 Å². The van der Waals surface area contributed by atoms with Crippen molar-refractivity contribution in [1.82, 2.24) is 19.7 Å². The second kappa shape index (κ2) is 7.19. The van der Waals surface area contributed by atoms with E-state index in [1.54, 1.807) is 6.20 Å². The first-order valence-electron chi connectivity index (χ1n) is 8.93. The van der Waals surface area contributed by atoms with Crippen molar-refractivity contribution in [3.05, 3.63) is 59.7 Å². The Balaban J connectivity index is 1.58. The number of ether oxygens (including phenoxy) is 1. The fourth-order valence-corrected chi connectivity index (χ4v) is 3.53. The zero-order valence-corrected chi connectivity index (χ0v) is 15.4. The summed E-state index contributed by atoms with van der Waals surface area (Å²) in [5, 5.41) is 4.76. The van der Waals surface area contributed by atoms with Crippen molar-refractivity contribution in [3.8, 4) is 11.3 Å². The van der Waals surface area contributed by atoms with E-state index in [2.05, 4.69) is 31.7 Å². The number of esters is 1. The molecule has 1 aromatic carbocycles. The van der Waals surface area contributed by atoms with Crippen LogP contribution in [0.2, 0.25) is 0 Å². The van der Waals surface area contributed by atoms with Gasteiger partial charge in [-0.2, -0.15) is 5.10 Å². The minimum Gasteiger partial charge on any atom is -0.464 e. The molecule has 1 aliphatic rings. The van der Waals surface area contributed by atoms with Gasteiger partial charge in [0.1, 0.15) is 5.82 Å². The smallest absolute Gasteiger partial charge is 0.358 e. The third kappa shape index (κ3) is 3.28. The van der Waals surface area contributed by atoms with E-state index in [-0.39, 0.29) is 5.69 Å². The van der Waals surface area contributed by atoms with E-state index in [1.807, 2.05) is 29.9 Å². The second-order valence-electron chi connectivity index (χ2n) is 6.50. The third-order valence-corrected chi connectivity index (χ3v) is 4.93. The Bertz CT molecular complexity index is 951. The van der Waals surface area contributed by atoms with Gasteiger partial charge in [-0.1, -0.05) is 30.3 Å². The average molecular weight is 363 g/mol. The van der Waals surface area contributed by atoms with Gasteiger partial charge in [-0.3, -0.25) is 4.68 Å². The minimum absolute atomic E-state index is 0.218. The molecule has 0 amide bonds. The van der Waals surface area contributed by atoms with E-state index in [9.17, 15) is 4.79 Å². The Morgan fingerprint density at radius 1 is 1.07 bits per heavy atom. The zero-order chi connectivity index (χ0) is 18.8. The molecule has 3 aromatic rings. The fraction of sp³-hybridized carbons (Fsp3) is 0.300. The Morgan fingerprint density at radius 2 is 1.85 bits per heavy atom. The van der Waals surface area contributed by atoms with Crippen molar-refractivity contribution < 1.29 is 9.53 Å². The molecule has 138 valence electrons. The molecule has 0 spiro atoms. The molecule has 0 fully saturated rings. The van der Waals surface area contributed by atoms with Gasteiger partial charge in [-0.25, -0.2) is 14.8 Å². The van der Waals surface area contributed by atoms with Crippen LogP contribution in [0, 0.1) is 0 Å². The number of nitrogens with zero attached hydrogens (tertiary/aromatic N) is 5. The quantitative estimate of drug-likeness (QED) is 0.665. The van der Waals surface area contributed by atoms with Crippen molar-refractivity contribution >= 4 is 11.8 Å². The molecule has 27 heavy (non-hydrogen) atoms. The van der Waals surface area contributed by atoms with E-state index in [4.69, 9.17) is 5.10 Å². The lowest BCUT2D eigenvalue weighted by molar-refractivity contribution is 0.0593. The second-order valence-corrected chi connectivity index (χ2v) is 6.50. The van der Waals surface area contributed by atoms with Crippen molar-refractivity contribution in [1.29, 1.82) is 0 Å². The number of carbonyl (C=O) groups excluding carboxylic acids is 1. The summed E-state index contributed by atoms with van der Waals surface area (Å²) < 4.78 is 6.67. The lowest BCUT2D eigenvalue weighted by Gasteiger charge is -2.21. The number of methoxy groups -OCH3 is 1. The topological polar surface area (TPSA) is 73.1 Å². The highest BCUT2D eigenvalue weighted by atomic mass is 16.5. The predicted octanol–water partition coefficient (Wildman–Crippen LogP) is 2.27. The van der Waals surface area contributed by atoms with Gasteiger partial charge in [-0.05, 0) is 6.42 Å². The summed E-state index contributed by atoms with van der Waals surface area (Å²) in [5.74, 6) is 0.292. The Hall–Kier alpha value is -3.22.